The minimum atomic E-state index is -4.65. The summed E-state index contributed by atoms with van der Waals surface area (Å²) in [7, 11) is 1.36. The summed E-state index contributed by atoms with van der Waals surface area (Å²) in [4.78, 5) is 44.2. The summed E-state index contributed by atoms with van der Waals surface area (Å²) in [5.74, 6) is -1.09. The van der Waals surface area contributed by atoms with Gasteiger partial charge in [-0.15, -0.1) is 0 Å². The van der Waals surface area contributed by atoms with Crippen molar-refractivity contribution in [1.82, 2.24) is 25.1 Å². The Labute approximate surface area is 229 Å². The van der Waals surface area contributed by atoms with Gasteiger partial charge in [0, 0.05) is 30.8 Å². The number of hydrogen-bond acceptors (Lipinski definition) is 6. The highest BCUT2D eigenvalue weighted by Crippen LogP contribution is 2.27. The summed E-state index contributed by atoms with van der Waals surface area (Å²) in [5.41, 5.74) is 6.61. The van der Waals surface area contributed by atoms with Crippen LogP contribution < -0.4 is 21.8 Å². The van der Waals surface area contributed by atoms with E-state index in [9.17, 15) is 27.6 Å². The first kappa shape index (κ1) is 29.1. The maximum atomic E-state index is 13.5. The molecule has 12 heteroatoms. The van der Waals surface area contributed by atoms with Crippen molar-refractivity contribution < 1.29 is 22.8 Å². The lowest BCUT2D eigenvalue weighted by Crippen LogP contribution is -2.40. The van der Waals surface area contributed by atoms with Crippen LogP contribution in [0.1, 0.15) is 30.9 Å². The van der Waals surface area contributed by atoms with E-state index in [0.29, 0.717) is 23.8 Å². The number of likely N-dealkylation sites (tertiary alicyclic amines) is 1. The van der Waals surface area contributed by atoms with E-state index in [-0.39, 0.29) is 28.9 Å². The molecular formula is C28H33F3N6O3. The molecule has 1 saturated heterocycles. The van der Waals surface area contributed by atoms with Gasteiger partial charge in [-0.2, -0.15) is 13.2 Å². The van der Waals surface area contributed by atoms with Crippen LogP contribution in [0.15, 0.2) is 41.2 Å². The lowest BCUT2D eigenvalue weighted by molar-refractivity contribution is -0.139. The molecule has 0 bridgehead atoms. The smallest absolute Gasteiger partial charge is 0.385 e. The van der Waals surface area contributed by atoms with Crippen LogP contribution in [0.4, 0.5) is 19.0 Å². The zero-order valence-corrected chi connectivity index (χ0v) is 22.5. The van der Waals surface area contributed by atoms with E-state index < -0.39 is 36.3 Å². The van der Waals surface area contributed by atoms with Gasteiger partial charge in [-0.3, -0.25) is 19.3 Å². The van der Waals surface area contributed by atoms with Gasteiger partial charge in [-0.25, -0.2) is 4.98 Å². The van der Waals surface area contributed by atoms with Gasteiger partial charge in [0.1, 0.15) is 18.0 Å². The molecule has 0 radical (unpaired) electrons. The fourth-order valence-corrected chi connectivity index (χ4v) is 5.12. The van der Waals surface area contributed by atoms with Gasteiger partial charge >= 0.3 is 6.18 Å². The number of likely N-dealkylation sites (N-methyl/N-ethyl adjacent to an activating group) is 2. The van der Waals surface area contributed by atoms with E-state index in [1.54, 1.807) is 24.3 Å². The van der Waals surface area contributed by atoms with Crippen molar-refractivity contribution in [3.05, 3.63) is 57.7 Å². The number of nitrogens with one attached hydrogen (secondary N) is 2. The summed E-state index contributed by atoms with van der Waals surface area (Å²) in [6.45, 7) is 3.26. The van der Waals surface area contributed by atoms with Crippen LogP contribution in [0.3, 0.4) is 0 Å². The van der Waals surface area contributed by atoms with Gasteiger partial charge in [0.2, 0.25) is 11.8 Å². The van der Waals surface area contributed by atoms with Crippen molar-refractivity contribution in [2.24, 2.45) is 0 Å². The quantitative estimate of drug-likeness (QED) is 0.371. The number of nitrogens with zero attached hydrogens (tertiary/aromatic N) is 3. The van der Waals surface area contributed by atoms with Crippen molar-refractivity contribution in [2.75, 3.05) is 32.4 Å². The molecule has 4 N–H and O–H groups in total. The van der Waals surface area contributed by atoms with Crippen molar-refractivity contribution in [1.29, 1.82) is 0 Å². The van der Waals surface area contributed by atoms with Crippen LogP contribution in [0.25, 0.3) is 22.3 Å². The number of halogens is 3. The number of carbonyl (C=O) groups excluding carboxylic acids is 2. The third kappa shape index (κ3) is 6.61. The zero-order chi connectivity index (χ0) is 29.0. The molecule has 1 atom stereocenters. The fourth-order valence-electron chi connectivity index (χ4n) is 5.12. The number of hydrogen-bond donors (Lipinski definition) is 3. The Kier molecular flexibility index (Phi) is 8.77. The molecule has 0 saturated carbocycles. The fraction of sp³-hybridized carbons (Fsp3) is 0.429. The summed E-state index contributed by atoms with van der Waals surface area (Å²) in [5, 5.41) is 5.28. The third-order valence-electron chi connectivity index (χ3n) is 7.26. The van der Waals surface area contributed by atoms with Crippen LogP contribution in [0.5, 0.6) is 0 Å². The van der Waals surface area contributed by atoms with E-state index in [1.807, 2.05) is 0 Å². The lowest BCUT2D eigenvalue weighted by atomic mass is 10.0. The molecule has 9 nitrogen and oxygen atoms in total. The molecule has 1 unspecified atom stereocenters. The summed E-state index contributed by atoms with van der Waals surface area (Å²) in [6, 6.07) is 10.3. The molecular weight excluding hydrogens is 525 g/mol. The summed E-state index contributed by atoms with van der Waals surface area (Å²) in [6.07, 6.45) is -2.70. The number of benzene rings is 1. The molecule has 3 heterocycles. The average molecular weight is 559 g/mol. The first-order chi connectivity index (χ1) is 19.0. The Bertz CT molecular complexity index is 1450. The second-order valence-corrected chi connectivity index (χ2v) is 9.91. The summed E-state index contributed by atoms with van der Waals surface area (Å²) >= 11 is 0. The SMILES string of the molecule is CCN1CCCC1CNC(=O)Cc1ccc(-c2ccc3c(=O)c(CC(=O)NC)c(N)n(CC(F)(F)F)c3n2)cc1. The Hall–Kier alpha value is -3.93. The highest BCUT2D eigenvalue weighted by Gasteiger charge is 2.31. The van der Waals surface area contributed by atoms with Gasteiger partial charge in [0.25, 0.3) is 0 Å². The number of pyridine rings is 2. The molecule has 40 heavy (non-hydrogen) atoms. The third-order valence-corrected chi connectivity index (χ3v) is 7.26. The van der Waals surface area contributed by atoms with Gasteiger partial charge in [0.15, 0.2) is 5.43 Å². The molecule has 1 aliphatic heterocycles. The minimum Gasteiger partial charge on any atom is -0.385 e. The van der Waals surface area contributed by atoms with Gasteiger partial charge in [-0.05, 0) is 43.6 Å². The standard InChI is InChI=1S/C28H33F3N6O3/c1-3-36-12-4-5-19(36)15-34-24(39)13-17-6-8-18(9-7-17)22-11-10-20-25(40)21(14-23(38)33-2)26(32)37(27(20)35-22)16-28(29,30)31/h6-11,19H,3-5,12-16,32H2,1-2H3,(H,33,38)(H,34,39). The van der Waals surface area contributed by atoms with Crippen molar-refractivity contribution >= 4 is 28.7 Å². The highest BCUT2D eigenvalue weighted by molar-refractivity contribution is 5.85. The van der Waals surface area contributed by atoms with Gasteiger partial charge in [0.05, 0.1) is 23.9 Å². The van der Waals surface area contributed by atoms with Crippen LogP contribution in [0.2, 0.25) is 0 Å². The number of alkyl halides is 3. The molecule has 3 aromatic rings. The average Bonchev–Trinajstić information content (AvgIpc) is 3.39. The molecule has 2 amide bonds. The lowest BCUT2D eigenvalue weighted by Gasteiger charge is -2.22. The Morgan fingerprint density at radius 1 is 1.10 bits per heavy atom. The number of nitrogens with two attached hydrogens (primary N) is 1. The molecule has 0 spiro atoms. The Morgan fingerprint density at radius 2 is 1.82 bits per heavy atom. The Balaban J connectivity index is 1.58. The van der Waals surface area contributed by atoms with Crippen LogP contribution in [0, 0.1) is 0 Å². The summed E-state index contributed by atoms with van der Waals surface area (Å²) < 4.78 is 41.1. The van der Waals surface area contributed by atoms with Gasteiger partial charge < -0.3 is 20.9 Å². The largest absolute Gasteiger partial charge is 0.406 e. The first-order valence-corrected chi connectivity index (χ1v) is 13.2. The molecule has 2 aromatic heterocycles. The number of fused-ring (bicyclic) bond motifs is 1. The molecule has 1 aromatic carbocycles. The monoisotopic (exact) mass is 558 g/mol. The van der Waals surface area contributed by atoms with Crippen molar-refractivity contribution in [3.63, 3.8) is 0 Å². The topological polar surface area (TPSA) is 122 Å². The van der Waals surface area contributed by atoms with Crippen LogP contribution >= 0.6 is 0 Å². The number of aromatic nitrogens is 2. The normalized spacial score (nSPS) is 15.9. The zero-order valence-electron chi connectivity index (χ0n) is 22.5. The van der Waals surface area contributed by atoms with Crippen LogP contribution in [-0.4, -0.2) is 65.2 Å². The number of amides is 2. The molecule has 1 aliphatic rings. The number of nitrogen functional groups attached to an aromatic ring is 1. The van der Waals surface area contributed by atoms with Crippen molar-refractivity contribution in [2.45, 2.75) is 51.4 Å². The maximum Gasteiger partial charge on any atom is 0.406 e. The van der Waals surface area contributed by atoms with E-state index >= 15 is 0 Å². The predicted molar refractivity (Wildman–Crippen MR) is 147 cm³/mol. The molecule has 1 fully saturated rings. The molecule has 4 rings (SSSR count). The van der Waals surface area contributed by atoms with Gasteiger partial charge in [-0.1, -0.05) is 31.2 Å². The predicted octanol–water partition coefficient (Wildman–Crippen LogP) is 2.64. The van der Waals surface area contributed by atoms with E-state index in [1.165, 1.54) is 19.2 Å². The van der Waals surface area contributed by atoms with E-state index in [0.717, 1.165) is 36.1 Å². The number of rotatable bonds is 9. The molecule has 214 valence electrons. The Morgan fingerprint density at radius 3 is 2.48 bits per heavy atom. The van der Waals surface area contributed by atoms with Crippen molar-refractivity contribution in [3.8, 4) is 11.3 Å². The number of carbonyl (C=O) groups is 2. The van der Waals surface area contributed by atoms with Crippen LogP contribution in [-0.2, 0) is 29.0 Å². The second kappa shape index (κ2) is 12.1. The molecule has 0 aliphatic carbocycles. The van der Waals surface area contributed by atoms with E-state index in [4.69, 9.17) is 5.73 Å². The number of anilines is 1. The second-order valence-electron chi connectivity index (χ2n) is 9.91. The maximum absolute atomic E-state index is 13.5. The van der Waals surface area contributed by atoms with E-state index in [2.05, 4.69) is 27.4 Å². The highest BCUT2D eigenvalue weighted by atomic mass is 19.4. The minimum absolute atomic E-state index is 0.0710. The first-order valence-electron chi connectivity index (χ1n) is 13.2.